The molecule has 0 unspecified atom stereocenters. The summed E-state index contributed by atoms with van der Waals surface area (Å²) in [6.07, 6.45) is 4.47. The number of benzene rings is 1. The summed E-state index contributed by atoms with van der Waals surface area (Å²) >= 11 is 6.27. The zero-order valence-electron chi connectivity index (χ0n) is 9.98. The molecule has 98 valence electrons. The van der Waals surface area contributed by atoms with Crippen LogP contribution in [0.3, 0.4) is 0 Å². The first-order valence-corrected chi connectivity index (χ1v) is 6.47. The van der Waals surface area contributed by atoms with Crippen LogP contribution in [0.5, 0.6) is 11.5 Å². The zero-order chi connectivity index (χ0) is 13.0. The van der Waals surface area contributed by atoms with Crippen molar-refractivity contribution in [2.45, 2.75) is 25.0 Å². The summed E-state index contributed by atoms with van der Waals surface area (Å²) in [5.74, 6) is 1.15. The number of hydrogen-bond acceptors (Lipinski definition) is 5. The lowest BCUT2D eigenvalue weighted by Crippen LogP contribution is -2.45. The maximum absolute atomic E-state index is 6.27. The standard InChI is InChI=1S/C13H11ClN2O3/c14-9-5-11-10(17-13(18-11)2-1-3-13)4-7(9)8-6-16-19-12(8)15/h4-6H,1-3,15H2. The Morgan fingerprint density at radius 2 is 1.89 bits per heavy atom. The molecule has 1 spiro atoms. The van der Waals surface area contributed by atoms with E-state index in [1.807, 2.05) is 6.07 Å². The van der Waals surface area contributed by atoms with Crippen molar-refractivity contribution >= 4 is 17.5 Å². The van der Waals surface area contributed by atoms with Crippen LogP contribution >= 0.6 is 11.6 Å². The van der Waals surface area contributed by atoms with Crippen LogP contribution in [0.25, 0.3) is 11.1 Å². The Balaban J connectivity index is 1.80. The number of nitrogens with two attached hydrogens (primary N) is 1. The fourth-order valence-electron chi connectivity index (χ4n) is 2.44. The molecule has 2 aliphatic rings. The quantitative estimate of drug-likeness (QED) is 0.867. The molecule has 0 bridgehead atoms. The van der Waals surface area contributed by atoms with Crippen molar-refractivity contribution in [3.8, 4) is 22.6 Å². The second-order valence-corrected chi connectivity index (χ2v) is 5.26. The summed E-state index contributed by atoms with van der Waals surface area (Å²) < 4.78 is 16.6. The van der Waals surface area contributed by atoms with Crippen LogP contribution in [0.2, 0.25) is 5.02 Å². The third kappa shape index (κ3) is 1.51. The molecular weight excluding hydrogens is 268 g/mol. The minimum absolute atomic E-state index is 0.235. The number of aromatic nitrogens is 1. The third-order valence-electron chi connectivity index (χ3n) is 3.63. The monoisotopic (exact) mass is 278 g/mol. The highest BCUT2D eigenvalue weighted by Crippen LogP contribution is 2.51. The molecule has 2 N–H and O–H groups in total. The molecule has 1 saturated carbocycles. The predicted molar refractivity (Wildman–Crippen MR) is 69.2 cm³/mol. The molecule has 0 saturated heterocycles. The fourth-order valence-corrected chi connectivity index (χ4v) is 2.70. The van der Waals surface area contributed by atoms with Gasteiger partial charge in [-0.3, -0.25) is 0 Å². The number of fused-ring (bicyclic) bond motifs is 1. The third-order valence-corrected chi connectivity index (χ3v) is 3.94. The fraction of sp³-hybridized carbons (Fsp3) is 0.308. The van der Waals surface area contributed by atoms with Crippen molar-refractivity contribution in [2.75, 3.05) is 5.73 Å². The summed E-state index contributed by atoms with van der Waals surface area (Å²) in [7, 11) is 0. The maximum atomic E-state index is 6.27. The van der Waals surface area contributed by atoms with Crippen LogP contribution < -0.4 is 15.2 Å². The van der Waals surface area contributed by atoms with Gasteiger partial charge in [0.2, 0.25) is 5.88 Å². The second kappa shape index (κ2) is 3.57. The molecule has 19 heavy (non-hydrogen) atoms. The predicted octanol–water partition coefficient (Wildman–Crippen LogP) is 3.23. The van der Waals surface area contributed by atoms with Crippen molar-refractivity contribution in [3.63, 3.8) is 0 Å². The number of rotatable bonds is 1. The van der Waals surface area contributed by atoms with Gasteiger partial charge in [-0.15, -0.1) is 0 Å². The van der Waals surface area contributed by atoms with E-state index in [0.29, 0.717) is 22.1 Å². The number of anilines is 1. The molecular formula is C13H11ClN2O3. The largest absolute Gasteiger partial charge is 0.448 e. The first-order valence-electron chi connectivity index (χ1n) is 6.09. The molecule has 1 aromatic carbocycles. The molecule has 6 heteroatoms. The summed E-state index contributed by atoms with van der Waals surface area (Å²) in [6, 6.07) is 3.58. The lowest BCUT2D eigenvalue weighted by molar-refractivity contribution is -0.138. The number of hydrogen-bond donors (Lipinski definition) is 1. The van der Waals surface area contributed by atoms with Crippen molar-refractivity contribution in [1.82, 2.24) is 5.16 Å². The van der Waals surface area contributed by atoms with Gasteiger partial charge in [-0.25, -0.2) is 0 Å². The highest BCUT2D eigenvalue weighted by molar-refractivity contribution is 6.33. The SMILES string of the molecule is Nc1oncc1-c1cc2c(cc1Cl)OC1(CCC1)O2. The first-order chi connectivity index (χ1) is 9.17. The van der Waals surface area contributed by atoms with Crippen LogP contribution in [0, 0.1) is 0 Å². The molecule has 1 aliphatic carbocycles. The molecule has 2 aromatic rings. The second-order valence-electron chi connectivity index (χ2n) is 4.85. The highest BCUT2D eigenvalue weighted by atomic mass is 35.5. The lowest BCUT2D eigenvalue weighted by Gasteiger charge is -2.35. The van der Waals surface area contributed by atoms with Crippen LogP contribution in [0.4, 0.5) is 5.88 Å². The molecule has 1 aromatic heterocycles. The van der Waals surface area contributed by atoms with Crippen LogP contribution in [-0.4, -0.2) is 10.9 Å². The van der Waals surface area contributed by atoms with Gasteiger partial charge >= 0.3 is 0 Å². The Morgan fingerprint density at radius 1 is 1.16 bits per heavy atom. The van der Waals surface area contributed by atoms with Gasteiger partial charge in [0.15, 0.2) is 11.5 Å². The Labute approximate surface area is 114 Å². The normalized spacial score (nSPS) is 18.6. The van der Waals surface area contributed by atoms with Crippen molar-refractivity contribution in [1.29, 1.82) is 0 Å². The highest BCUT2D eigenvalue weighted by Gasteiger charge is 2.47. The van der Waals surface area contributed by atoms with Crippen LogP contribution in [0.15, 0.2) is 22.9 Å². The summed E-state index contributed by atoms with van der Waals surface area (Å²) in [5.41, 5.74) is 7.11. The van der Waals surface area contributed by atoms with Gasteiger partial charge in [0, 0.05) is 24.5 Å². The van der Waals surface area contributed by atoms with Gasteiger partial charge in [-0.1, -0.05) is 16.8 Å². The smallest absolute Gasteiger partial charge is 0.251 e. The van der Waals surface area contributed by atoms with Gasteiger partial charge in [0.25, 0.3) is 5.79 Å². The van der Waals surface area contributed by atoms with Crippen LogP contribution in [-0.2, 0) is 0 Å². The molecule has 1 fully saturated rings. The minimum atomic E-state index is -0.468. The minimum Gasteiger partial charge on any atom is -0.448 e. The number of nitrogens with zero attached hydrogens (tertiary/aromatic N) is 1. The van der Waals surface area contributed by atoms with E-state index < -0.39 is 5.79 Å². The molecule has 0 radical (unpaired) electrons. The van der Waals surface area contributed by atoms with Gasteiger partial charge < -0.3 is 19.7 Å². The van der Waals surface area contributed by atoms with Crippen molar-refractivity contribution in [3.05, 3.63) is 23.4 Å². The van der Waals surface area contributed by atoms with Gasteiger partial charge in [-0.05, 0) is 12.5 Å². The Kier molecular flexibility index (Phi) is 2.07. The van der Waals surface area contributed by atoms with Gasteiger partial charge in [0.05, 0.1) is 16.8 Å². The Hall–Kier alpha value is -1.88. The molecule has 0 amide bonds. The summed E-state index contributed by atoms with van der Waals surface area (Å²) in [4.78, 5) is 0. The van der Waals surface area contributed by atoms with E-state index in [2.05, 4.69) is 5.16 Å². The van der Waals surface area contributed by atoms with Gasteiger partial charge in [-0.2, -0.15) is 0 Å². The first kappa shape index (κ1) is 11.0. The lowest BCUT2D eigenvalue weighted by atomic mass is 9.91. The van der Waals surface area contributed by atoms with E-state index in [9.17, 15) is 0 Å². The van der Waals surface area contributed by atoms with E-state index in [4.69, 9.17) is 31.3 Å². The molecule has 4 rings (SSSR count). The number of ether oxygens (including phenoxy) is 2. The maximum Gasteiger partial charge on any atom is 0.251 e. The van der Waals surface area contributed by atoms with E-state index in [0.717, 1.165) is 24.8 Å². The molecule has 2 heterocycles. The van der Waals surface area contributed by atoms with Crippen molar-refractivity contribution < 1.29 is 14.0 Å². The molecule has 5 nitrogen and oxygen atoms in total. The molecule has 0 atom stereocenters. The van der Waals surface area contributed by atoms with Gasteiger partial charge in [0.1, 0.15) is 0 Å². The summed E-state index contributed by atoms with van der Waals surface area (Å²) in [6.45, 7) is 0. The van der Waals surface area contributed by atoms with E-state index in [-0.39, 0.29) is 5.88 Å². The van der Waals surface area contributed by atoms with Crippen LogP contribution in [0.1, 0.15) is 19.3 Å². The van der Waals surface area contributed by atoms with E-state index in [1.165, 1.54) is 6.20 Å². The Morgan fingerprint density at radius 3 is 2.47 bits per heavy atom. The average Bonchev–Trinajstić information content (AvgIpc) is 2.90. The topological polar surface area (TPSA) is 70.5 Å². The van der Waals surface area contributed by atoms with Crippen molar-refractivity contribution in [2.24, 2.45) is 0 Å². The zero-order valence-corrected chi connectivity index (χ0v) is 10.7. The van der Waals surface area contributed by atoms with E-state index in [1.54, 1.807) is 6.07 Å². The number of halogens is 1. The number of nitrogen functional groups attached to an aromatic ring is 1. The average molecular weight is 279 g/mol. The van der Waals surface area contributed by atoms with E-state index >= 15 is 0 Å². The molecule has 1 aliphatic heterocycles. The Bertz CT molecular complexity index is 664. The summed E-state index contributed by atoms with van der Waals surface area (Å²) in [5, 5.41) is 4.19.